The van der Waals surface area contributed by atoms with Gasteiger partial charge in [0.2, 0.25) is 11.7 Å². The van der Waals surface area contributed by atoms with Crippen LogP contribution >= 0.6 is 11.6 Å². The van der Waals surface area contributed by atoms with Gasteiger partial charge in [-0.2, -0.15) is 0 Å². The third-order valence-corrected chi connectivity index (χ3v) is 3.63. The number of ether oxygens (including phenoxy) is 3. The number of carbonyl (C=O) groups is 1. The largest absolute Gasteiger partial charge is 0.493 e. The van der Waals surface area contributed by atoms with Crippen LogP contribution in [0, 0.1) is 5.82 Å². The van der Waals surface area contributed by atoms with Gasteiger partial charge in [-0.05, 0) is 12.1 Å². The standard InChI is InChI=1S/C17H18ClFN2O4/c1-23-13-7-10(8-14(24-2)17(13)25-3)21-15(22)9-20-12-6-4-5-11(18)16(12)19/h4-8,20H,9H2,1-3H3,(H,21,22). The predicted molar refractivity (Wildman–Crippen MR) is 94.6 cm³/mol. The van der Waals surface area contributed by atoms with Crippen molar-refractivity contribution in [3.8, 4) is 17.2 Å². The monoisotopic (exact) mass is 368 g/mol. The molecule has 0 aromatic heterocycles. The molecule has 0 aliphatic carbocycles. The highest BCUT2D eigenvalue weighted by Gasteiger charge is 2.15. The van der Waals surface area contributed by atoms with Crippen LogP contribution in [0.2, 0.25) is 5.02 Å². The van der Waals surface area contributed by atoms with E-state index in [1.807, 2.05) is 0 Å². The third kappa shape index (κ3) is 4.45. The van der Waals surface area contributed by atoms with Gasteiger partial charge >= 0.3 is 0 Å². The second kappa shape index (κ2) is 8.43. The van der Waals surface area contributed by atoms with Gasteiger partial charge in [-0.25, -0.2) is 4.39 Å². The highest BCUT2D eigenvalue weighted by atomic mass is 35.5. The van der Waals surface area contributed by atoms with Gasteiger partial charge in [-0.3, -0.25) is 4.79 Å². The Balaban J connectivity index is 2.08. The first-order valence-corrected chi connectivity index (χ1v) is 7.65. The van der Waals surface area contributed by atoms with Gasteiger partial charge in [0.1, 0.15) is 0 Å². The van der Waals surface area contributed by atoms with Crippen molar-refractivity contribution in [2.75, 3.05) is 38.5 Å². The van der Waals surface area contributed by atoms with Crippen molar-refractivity contribution in [2.45, 2.75) is 0 Å². The first kappa shape index (κ1) is 18.7. The van der Waals surface area contributed by atoms with E-state index >= 15 is 0 Å². The Hall–Kier alpha value is -2.67. The average molecular weight is 369 g/mol. The SMILES string of the molecule is COc1cc(NC(=O)CNc2cccc(Cl)c2F)cc(OC)c1OC. The van der Waals surface area contributed by atoms with Gasteiger partial charge < -0.3 is 24.8 Å². The molecule has 0 heterocycles. The van der Waals surface area contributed by atoms with Crippen LogP contribution in [0.25, 0.3) is 0 Å². The van der Waals surface area contributed by atoms with E-state index in [2.05, 4.69) is 10.6 Å². The van der Waals surface area contributed by atoms with Crippen LogP contribution in [0.15, 0.2) is 30.3 Å². The van der Waals surface area contributed by atoms with Crippen LogP contribution < -0.4 is 24.8 Å². The molecule has 0 spiro atoms. The van der Waals surface area contributed by atoms with Crippen molar-refractivity contribution < 1.29 is 23.4 Å². The van der Waals surface area contributed by atoms with Gasteiger partial charge in [0.25, 0.3) is 0 Å². The highest BCUT2D eigenvalue weighted by molar-refractivity contribution is 6.31. The van der Waals surface area contributed by atoms with Crippen LogP contribution in [-0.2, 0) is 4.79 Å². The molecule has 25 heavy (non-hydrogen) atoms. The summed E-state index contributed by atoms with van der Waals surface area (Å²) in [5.41, 5.74) is 0.598. The summed E-state index contributed by atoms with van der Waals surface area (Å²) in [5.74, 6) is 0.248. The minimum absolute atomic E-state index is 0.0185. The lowest BCUT2D eigenvalue weighted by Crippen LogP contribution is -2.22. The zero-order chi connectivity index (χ0) is 18.4. The molecule has 0 fully saturated rings. The number of hydrogen-bond acceptors (Lipinski definition) is 5. The van der Waals surface area contributed by atoms with Crippen LogP contribution in [0.3, 0.4) is 0 Å². The number of anilines is 2. The molecular formula is C17H18ClFN2O4. The molecule has 8 heteroatoms. The highest BCUT2D eigenvalue weighted by Crippen LogP contribution is 2.39. The van der Waals surface area contributed by atoms with Crippen molar-refractivity contribution in [1.29, 1.82) is 0 Å². The fourth-order valence-corrected chi connectivity index (χ4v) is 2.35. The van der Waals surface area contributed by atoms with Crippen LogP contribution in [0.1, 0.15) is 0 Å². The average Bonchev–Trinajstić information content (AvgIpc) is 2.62. The molecule has 0 bridgehead atoms. The smallest absolute Gasteiger partial charge is 0.243 e. The number of halogens is 2. The Kier molecular flexibility index (Phi) is 6.30. The Morgan fingerprint density at radius 2 is 1.76 bits per heavy atom. The van der Waals surface area contributed by atoms with Crippen molar-refractivity contribution in [3.05, 3.63) is 41.2 Å². The molecule has 0 saturated carbocycles. The molecule has 0 aliphatic rings. The molecular weight excluding hydrogens is 351 g/mol. The summed E-state index contributed by atoms with van der Waals surface area (Å²) < 4.78 is 29.5. The minimum Gasteiger partial charge on any atom is -0.493 e. The number of amides is 1. The number of benzene rings is 2. The molecule has 1 amide bonds. The van der Waals surface area contributed by atoms with Gasteiger partial charge in [-0.1, -0.05) is 17.7 Å². The zero-order valence-corrected chi connectivity index (χ0v) is 14.7. The number of methoxy groups -OCH3 is 3. The van der Waals surface area contributed by atoms with Gasteiger partial charge in [0, 0.05) is 17.8 Å². The molecule has 0 unspecified atom stereocenters. The lowest BCUT2D eigenvalue weighted by molar-refractivity contribution is -0.114. The number of hydrogen-bond donors (Lipinski definition) is 2. The first-order chi connectivity index (χ1) is 12.0. The lowest BCUT2D eigenvalue weighted by atomic mass is 10.2. The van der Waals surface area contributed by atoms with E-state index < -0.39 is 5.82 Å². The summed E-state index contributed by atoms with van der Waals surface area (Å²) in [4.78, 5) is 12.1. The second-order valence-electron chi connectivity index (χ2n) is 4.92. The minimum atomic E-state index is -0.607. The predicted octanol–water partition coefficient (Wildman–Crippen LogP) is 3.56. The van der Waals surface area contributed by atoms with E-state index in [1.54, 1.807) is 18.2 Å². The second-order valence-corrected chi connectivity index (χ2v) is 5.32. The number of rotatable bonds is 7. The van der Waals surface area contributed by atoms with Crippen LogP contribution in [0.5, 0.6) is 17.2 Å². The van der Waals surface area contributed by atoms with Gasteiger partial charge in [0.15, 0.2) is 17.3 Å². The summed E-state index contributed by atoms with van der Waals surface area (Å²) in [5, 5.41) is 5.35. The van der Waals surface area contributed by atoms with Crippen molar-refractivity contribution in [1.82, 2.24) is 0 Å². The van der Waals surface area contributed by atoms with E-state index in [0.29, 0.717) is 22.9 Å². The van der Waals surface area contributed by atoms with Crippen molar-refractivity contribution in [2.24, 2.45) is 0 Å². The molecule has 0 saturated heterocycles. The Bertz CT molecular complexity index is 745. The van der Waals surface area contributed by atoms with E-state index in [1.165, 1.54) is 33.5 Å². The Morgan fingerprint density at radius 1 is 1.12 bits per heavy atom. The van der Waals surface area contributed by atoms with Crippen molar-refractivity contribution in [3.63, 3.8) is 0 Å². The van der Waals surface area contributed by atoms with E-state index in [0.717, 1.165) is 0 Å². The van der Waals surface area contributed by atoms with Crippen LogP contribution in [-0.4, -0.2) is 33.8 Å². The molecule has 2 N–H and O–H groups in total. The fraction of sp³-hybridized carbons (Fsp3) is 0.235. The van der Waals surface area contributed by atoms with Crippen molar-refractivity contribution >= 4 is 28.9 Å². The summed E-state index contributed by atoms with van der Waals surface area (Å²) >= 11 is 5.70. The van der Waals surface area contributed by atoms with Gasteiger partial charge in [-0.15, -0.1) is 0 Å². The number of nitrogens with one attached hydrogen (secondary N) is 2. The summed E-state index contributed by atoms with van der Waals surface area (Å²) in [6.07, 6.45) is 0. The zero-order valence-electron chi connectivity index (χ0n) is 14.0. The third-order valence-electron chi connectivity index (χ3n) is 3.34. The number of carbonyl (C=O) groups excluding carboxylic acids is 1. The lowest BCUT2D eigenvalue weighted by Gasteiger charge is -2.15. The Labute approximate surface area is 149 Å². The summed E-state index contributed by atoms with van der Waals surface area (Å²) in [6, 6.07) is 7.70. The molecule has 134 valence electrons. The molecule has 0 aliphatic heterocycles. The first-order valence-electron chi connectivity index (χ1n) is 7.28. The molecule has 0 atom stereocenters. The van der Waals surface area contributed by atoms with E-state index in [-0.39, 0.29) is 23.2 Å². The molecule has 6 nitrogen and oxygen atoms in total. The van der Waals surface area contributed by atoms with Gasteiger partial charge in [0.05, 0.1) is 38.6 Å². The molecule has 0 radical (unpaired) electrons. The fourth-order valence-electron chi connectivity index (χ4n) is 2.17. The maximum atomic E-state index is 13.8. The maximum absolute atomic E-state index is 13.8. The molecule has 2 aromatic carbocycles. The normalized spacial score (nSPS) is 10.1. The van der Waals surface area contributed by atoms with E-state index in [9.17, 15) is 9.18 Å². The quantitative estimate of drug-likeness (QED) is 0.782. The molecule has 2 aromatic rings. The summed E-state index contributed by atoms with van der Waals surface area (Å²) in [7, 11) is 4.45. The maximum Gasteiger partial charge on any atom is 0.243 e. The summed E-state index contributed by atoms with van der Waals surface area (Å²) in [6.45, 7) is -0.145. The molecule has 2 rings (SSSR count). The van der Waals surface area contributed by atoms with Crippen LogP contribution in [0.4, 0.5) is 15.8 Å². The Morgan fingerprint density at radius 3 is 2.32 bits per heavy atom. The topological polar surface area (TPSA) is 68.8 Å². The van der Waals surface area contributed by atoms with E-state index in [4.69, 9.17) is 25.8 Å².